The monoisotopic (exact) mass is 305 g/mol. The van der Waals surface area contributed by atoms with Gasteiger partial charge in [-0.3, -0.25) is 9.59 Å². The van der Waals surface area contributed by atoms with E-state index >= 15 is 0 Å². The lowest BCUT2D eigenvalue weighted by molar-refractivity contribution is -0.126. The Hall–Kier alpha value is -0.810. The predicted molar refractivity (Wildman–Crippen MR) is 83.0 cm³/mol. The van der Waals surface area contributed by atoms with Gasteiger partial charge in [-0.05, 0) is 18.9 Å². The van der Waals surface area contributed by atoms with Crippen LogP contribution in [0.4, 0.5) is 0 Å². The highest BCUT2D eigenvalue weighted by Crippen LogP contribution is 2.28. The molecule has 0 heterocycles. The van der Waals surface area contributed by atoms with Crippen molar-refractivity contribution in [2.24, 2.45) is 5.92 Å². The van der Waals surface area contributed by atoms with Gasteiger partial charge in [-0.25, -0.2) is 0 Å². The summed E-state index contributed by atoms with van der Waals surface area (Å²) in [5.74, 6) is 0.598. The normalized spacial score (nSPS) is 14.7. The van der Waals surface area contributed by atoms with Gasteiger partial charge in [0.15, 0.2) is 0 Å². The molecule has 2 amide bonds. The Balaban J connectivity index is 0.00000361. The molecule has 0 radical (unpaired) electrons. The molecule has 20 heavy (non-hydrogen) atoms. The lowest BCUT2D eigenvalue weighted by atomic mass is 10.0. The van der Waals surface area contributed by atoms with E-state index in [2.05, 4.69) is 16.0 Å². The molecule has 1 aliphatic rings. The van der Waals surface area contributed by atoms with Crippen LogP contribution in [0.25, 0.3) is 0 Å². The van der Waals surface area contributed by atoms with Crippen LogP contribution in [-0.2, 0) is 9.59 Å². The van der Waals surface area contributed by atoms with E-state index in [0.717, 1.165) is 25.4 Å². The van der Waals surface area contributed by atoms with Crippen molar-refractivity contribution >= 4 is 24.2 Å². The van der Waals surface area contributed by atoms with Gasteiger partial charge in [-0.15, -0.1) is 12.4 Å². The minimum atomic E-state index is -0.118. The van der Waals surface area contributed by atoms with E-state index < -0.39 is 0 Å². The minimum Gasteiger partial charge on any atom is -0.353 e. The fourth-order valence-electron chi connectivity index (χ4n) is 2.43. The predicted octanol–water partition coefficient (Wildman–Crippen LogP) is 1.22. The number of amides is 2. The Morgan fingerprint density at radius 3 is 2.40 bits per heavy atom. The molecule has 6 heteroatoms. The van der Waals surface area contributed by atoms with Crippen LogP contribution in [0.2, 0.25) is 0 Å². The summed E-state index contributed by atoms with van der Waals surface area (Å²) in [7, 11) is 0. The Labute approximate surface area is 128 Å². The number of rotatable bonds is 9. The third-order valence-electron chi connectivity index (χ3n) is 3.57. The SMILES string of the molecule is CCNCCNC(=O)CNC(=O)CCC1CCCC1.Cl. The summed E-state index contributed by atoms with van der Waals surface area (Å²) in [6, 6.07) is 0. The number of hydrogen-bond acceptors (Lipinski definition) is 3. The van der Waals surface area contributed by atoms with Crippen LogP contribution in [0.1, 0.15) is 45.4 Å². The molecule has 5 nitrogen and oxygen atoms in total. The summed E-state index contributed by atoms with van der Waals surface area (Å²) >= 11 is 0. The number of carbonyl (C=O) groups is 2. The highest BCUT2D eigenvalue weighted by atomic mass is 35.5. The van der Waals surface area contributed by atoms with Crippen LogP contribution in [0.5, 0.6) is 0 Å². The Morgan fingerprint density at radius 1 is 1.05 bits per heavy atom. The first-order chi connectivity index (χ1) is 9.22. The van der Waals surface area contributed by atoms with Crippen molar-refractivity contribution in [3.05, 3.63) is 0 Å². The zero-order chi connectivity index (χ0) is 13.9. The van der Waals surface area contributed by atoms with Gasteiger partial charge in [0.25, 0.3) is 0 Å². The molecule has 0 saturated heterocycles. The molecule has 0 aliphatic heterocycles. The zero-order valence-corrected chi connectivity index (χ0v) is 13.2. The summed E-state index contributed by atoms with van der Waals surface area (Å²) in [5.41, 5.74) is 0. The van der Waals surface area contributed by atoms with Crippen LogP contribution in [0, 0.1) is 5.92 Å². The Bertz CT molecular complexity index is 282. The maximum absolute atomic E-state index is 11.6. The first-order valence-corrected chi connectivity index (χ1v) is 7.46. The Kier molecular flexibility index (Phi) is 11.5. The molecule has 1 aliphatic carbocycles. The third-order valence-corrected chi connectivity index (χ3v) is 3.57. The second-order valence-electron chi connectivity index (χ2n) is 5.17. The Morgan fingerprint density at radius 2 is 1.75 bits per heavy atom. The van der Waals surface area contributed by atoms with Gasteiger partial charge in [0.05, 0.1) is 6.54 Å². The van der Waals surface area contributed by atoms with Gasteiger partial charge in [0.2, 0.25) is 11.8 Å². The van der Waals surface area contributed by atoms with E-state index in [1.807, 2.05) is 6.92 Å². The summed E-state index contributed by atoms with van der Waals surface area (Å²) in [4.78, 5) is 23.0. The van der Waals surface area contributed by atoms with E-state index in [1.165, 1.54) is 25.7 Å². The van der Waals surface area contributed by atoms with Gasteiger partial charge >= 0.3 is 0 Å². The zero-order valence-electron chi connectivity index (χ0n) is 12.4. The van der Waals surface area contributed by atoms with Crippen molar-refractivity contribution in [1.82, 2.24) is 16.0 Å². The highest BCUT2D eigenvalue weighted by Gasteiger charge is 2.16. The lowest BCUT2D eigenvalue weighted by Crippen LogP contribution is -2.39. The number of likely N-dealkylation sites (N-methyl/N-ethyl adjacent to an activating group) is 1. The molecule has 1 fully saturated rings. The molecule has 0 aromatic carbocycles. The fraction of sp³-hybridized carbons (Fsp3) is 0.857. The average molecular weight is 306 g/mol. The second-order valence-corrected chi connectivity index (χ2v) is 5.17. The van der Waals surface area contributed by atoms with Gasteiger partial charge in [0.1, 0.15) is 0 Å². The molecule has 1 saturated carbocycles. The number of carbonyl (C=O) groups excluding carboxylic acids is 2. The third kappa shape index (κ3) is 9.15. The molecule has 0 aromatic rings. The second kappa shape index (κ2) is 12.0. The van der Waals surface area contributed by atoms with Crippen molar-refractivity contribution < 1.29 is 9.59 Å². The smallest absolute Gasteiger partial charge is 0.239 e. The summed E-state index contributed by atoms with van der Waals surface area (Å²) in [5, 5.41) is 8.55. The quantitative estimate of drug-likeness (QED) is 0.561. The van der Waals surface area contributed by atoms with Crippen molar-refractivity contribution in [1.29, 1.82) is 0 Å². The van der Waals surface area contributed by atoms with E-state index in [0.29, 0.717) is 13.0 Å². The first-order valence-electron chi connectivity index (χ1n) is 7.46. The molecule has 1 rings (SSSR count). The molecule has 118 valence electrons. The molecule has 0 aromatic heterocycles. The average Bonchev–Trinajstić information content (AvgIpc) is 2.92. The molecule has 0 unspecified atom stereocenters. The van der Waals surface area contributed by atoms with Gasteiger partial charge < -0.3 is 16.0 Å². The first kappa shape index (κ1) is 19.2. The van der Waals surface area contributed by atoms with Crippen LogP contribution < -0.4 is 16.0 Å². The molecule has 0 atom stereocenters. The summed E-state index contributed by atoms with van der Waals surface area (Å²) in [6.45, 7) is 4.37. The molecule has 0 spiro atoms. The maximum atomic E-state index is 11.6. The van der Waals surface area contributed by atoms with Crippen molar-refractivity contribution in [3.63, 3.8) is 0 Å². The highest BCUT2D eigenvalue weighted by molar-refractivity contribution is 5.85. The number of nitrogens with one attached hydrogen (secondary N) is 3. The van der Waals surface area contributed by atoms with Crippen molar-refractivity contribution in [2.75, 3.05) is 26.2 Å². The summed E-state index contributed by atoms with van der Waals surface area (Å²) < 4.78 is 0. The van der Waals surface area contributed by atoms with Crippen molar-refractivity contribution in [2.45, 2.75) is 45.4 Å². The van der Waals surface area contributed by atoms with Gasteiger partial charge in [-0.1, -0.05) is 32.6 Å². The lowest BCUT2D eigenvalue weighted by Gasteiger charge is -2.09. The minimum absolute atomic E-state index is 0. The van der Waals surface area contributed by atoms with Crippen molar-refractivity contribution in [3.8, 4) is 0 Å². The summed E-state index contributed by atoms with van der Waals surface area (Å²) in [6.07, 6.45) is 6.65. The molecule has 3 N–H and O–H groups in total. The van der Waals surface area contributed by atoms with Gasteiger partial charge in [0, 0.05) is 19.5 Å². The van der Waals surface area contributed by atoms with Crippen LogP contribution >= 0.6 is 12.4 Å². The van der Waals surface area contributed by atoms with Gasteiger partial charge in [-0.2, -0.15) is 0 Å². The van der Waals surface area contributed by atoms with E-state index in [4.69, 9.17) is 0 Å². The fourth-order valence-corrected chi connectivity index (χ4v) is 2.43. The van der Waals surface area contributed by atoms with E-state index in [9.17, 15) is 9.59 Å². The van der Waals surface area contributed by atoms with E-state index in [1.54, 1.807) is 0 Å². The van der Waals surface area contributed by atoms with Crippen LogP contribution in [0.15, 0.2) is 0 Å². The molecular weight excluding hydrogens is 278 g/mol. The number of hydrogen-bond donors (Lipinski definition) is 3. The standard InChI is InChI=1S/C14H27N3O2.ClH/c1-2-15-9-10-16-14(19)11-17-13(18)8-7-12-5-3-4-6-12;/h12,15H,2-11H2,1H3,(H,16,19)(H,17,18);1H. The molecule has 0 bridgehead atoms. The number of halogens is 1. The molecular formula is C14H28ClN3O2. The van der Waals surface area contributed by atoms with Crippen LogP contribution in [-0.4, -0.2) is 38.0 Å². The maximum Gasteiger partial charge on any atom is 0.239 e. The van der Waals surface area contributed by atoms with Crippen LogP contribution in [0.3, 0.4) is 0 Å². The van der Waals surface area contributed by atoms with E-state index in [-0.39, 0.29) is 30.8 Å². The topological polar surface area (TPSA) is 70.2 Å². The largest absolute Gasteiger partial charge is 0.353 e.